The van der Waals surface area contributed by atoms with Crippen LogP contribution < -0.4 is 15.4 Å². The first-order valence-corrected chi connectivity index (χ1v) is 8.01. The van der Waals surface area contributed by atoms with Crippen molar-refractivity contribution in [3.63, 3.8) is 0 Å². The number of rotatable bonds is 8. The van der Waals surface area contributed by atoms with E-state index in [-0.39, 0.29) is 6.03 Å². The summed E-state index contributed by atoms with van der Waals surface area (Å²) in [5, 5.41) is 15.5. The molecule has 3 N–H and O–H groups in total. The highest BCUT2D eigenvalue weighted by molar-refractivity contribution is 5.73. The Morgan fingerprint density at radius 1 is 1.21 bits per heavy atom. The summed E-state index contributed by atoms with van der Waals surface area (Å²) in [4.78, 5) is 11.7. The van der Waals surface area contributed by atoms with E-state index in [0.29, 0.717) is 31.9 Å². The van der Waals surface area contributed by atoms with Gasteiger partial charge in [-0.2, -0.15) is 0 Å². The summed E-state index contributed by atoms with van der Waals surface area (Å²) < 4.78 is 10.9. The summed E-state index contributed by atoms with van der Waals surface area (Å²) in [5.41, 5.74) is 0.769. The first-order valence-electron chi connectivity index (χ1n) is 8.01. The minimum atomic E-state index is -0.649. The number of aliphatic hydroxyl groups excluding tert-OH is 1. The molecular weight excluding hydrogens is 308 g/mol. The molecular formula is C18H24N2O4. The second-order valence-corrected chi connectivity index (χ2v) is 5.52. The highest BCUT2D eigenvalue weighted by atomic mass is 16.5. The van der Waals surface area contributed by atoms with Crippen LogP contribution in [0.25, 0.3) is 0 Å². The van der Waals surface area contributed by atoms with Crippen molar-refractivity contribution in [2.75, 3.05) is 19.7 Å². The zero-order valence-corrected chi connectivity index (χ0v) is 14.0. The number of benzene rings is 1. The van der Waals surface area contributed by atoms with Gasteiger partial charge in [0.2, 0.25) is 0 Å². The number of para-hydroxylation sites is 1. The van der Waals surface area contributed by atoms with Gasteiger partial charge in [-0.25, -0.2) is 4.79 Å². The first-order chi connectivity index (χ1) is 11.6. The second kappa shape index (κ2) is 8.98. The van der Waals surface area contributed by atoms with Crippen molar-refractivity contribution in [3.05, 3.63) is 53.5 Å². The predicted molar refractivity (Wildman–Crippen MR) is 91.1 cm³/mol. The van der Waals surface area contributed by atoms with E-state index in [9.17, 15) is 9.90 Å². The third kappa shape index (κ3) is 5.62. The van der Waals surface area contributed by atoms with Crippen LogP contribution in [0.3, 0.4) is 0 Å². The van der Waals surface area contributed by atoms with Crippen molar-refractivity contribution in [1.82, 2.24) is 10.6 Å². The van der Waals surface area contributed by atoms with Crippen molar-refractivity contribution in [3.8, 4) is 5.75 Å². The minimum absolute atomic E-state index is 0.279. The van der Waals surface area contributed by atoms with Crippen LogP contribution in [0.1, 0.15) is 29.6 Å². The Morgan fingerprint density at radius 2 is 1.92 bits per heavy atom. The van der Waals surface area contributed by atoms with E-state index < -0.39 is 6.10 Å². The topological polar surface area (TPSA) is 83.7 Å². The number of carbonyl (C=O) groups is 1. The average Bonchev–Trinajstić information content (AvgIpc) is 2.91. The number of hydrogen-bond acceptors (Lipinski definition) is 4. The lowest BCUT2D eigenvalue weighted by Gasteiger charge is -2.11. The number of urea groups is 1. The van der Waals surface area contributed by atoms with Gasteiger partial charge in [0, 0.05) is 12.1 Å². The quantitative estimate of drug-likeness (QED) is 0.649. The number of aryl methyl sites for hydroxylation is 2. The molecule has 1 unspecified atom stereocenters. The molecule has 130 valence electrons. The van der Waals surface area contributed by atoms with E-state index in [2.05, 4.69) is 10.6 Å². The van der Waals surface area contributed by atoms with Gasteiger partial charge < -0.3 is 24.9 Å². The Morgan fingerprint density at radius 3 is 2.58 bits per heavy atom. The SMILES string of the molecule is Cc1cc(C(O)CCNC(=O)NCCOc2ccccc2)c(C)o1. The van der Waals surface area contributed by atoms with Gasteiger partial charge in [0.05, 0.1) is 12.6 Å². The molecule has 0 fully saturated rings. The molecule has 1 aromatic heterocycles. The number of ether oxygens (including phenoxy) is 1. The van der Waals surface area contributed by atoms with Gasteiger partial charge in [-0.15, -0.1) is 0 Å². The van der Waals surface area contributed by atoms with Crippen molar-refractivity contribution < 1.29 is 19.1 Å². The van der Waals surface area contributed by atoms with Crippen LogP contribution in [-0.4, -0.2) is 30.8 Å². The summed E-state index contributed by atoms with van der Waals surface area (Å²) >= 11 is 0. The van der Waals surface area contributed by atoms with Crippen molar-refractivity contribution >= 4 is 6.03 Å². The van der Waals surface area contributed by atoms with E-state index in [4.69, 9.17) is 9.15 Å². The molecule has 6 nitrogen and oxygen atoms in total. The van der Waals surface area contributed by atoms with E-state index in [0.717, 1.165) is 17.1 Å². The Bertz CT molecular complexity index is 640. The van der Waals surface area contributed by atoms with Gasteiger partial charge in [-0.05, 0) is 38.5 Å². The molecule has 1 aromatic carbocycles. The highest BCUT2D eigenvalue weighted by Crippen LogP contribution is 2.23. The summed E-state index contributed by atoms with van der Waals surface area (Å²) in [7, 11) is 0. The van der Waals surface area contributed by atoms with Gasteiger partial charge in [0.15, 0.2) is 0 Å². The summed E-state index contributed by atoms with van der Waals surface area (Å²) in [6.45, 7) is 4.83. The molecule has 0 radical (unpaired) electrons. The second-order valence-electron chi connectivity index (χ2n) is 5.52. The molecule has 24 heavy (non-hydrogen) atoms. The third-order valence-electron chi connectivity index (χ3n) is 3.54. The summed E-state index contributed by atoms with van der Waals surface area (Å²) in [6.07, 6.45) is -0.225. The van der Waals surface area contributed by atoms with E-state index >= 15 is 0 Å². The predicted octanol–water partition coefficient (Wildman–Crippen LogP) is 2.70. The fourth-order valence-electron chi connectivity index (χ4n) is 2.37. The van der Waals surface area contributed by atoms with E-state index in [1.807, 2.05) is 50.2 Å². The highest BCUT2D eigenvalue weighted by Gasteiger charge is 2.14. The van der Waals surface area contributed by atoms with Crippen LogP contribution in [0, 0.1) is 13.8 Å². The van der Waals surface area contributed by atoms with Crippen molar-refractivity contribution in [1.29, 1.82) is 0 Å². The van der Waals surface area contributed by atoms with Crippen LogP contribution in [0.5, 0.6) is 5.75 Å². The third-order valence-corrected chi connectivity index (χ3v) is 3.54. The molecule has 2 rings (SSSR count). The number of amides is 2. The maximum absolute atomic E-state index is 11.7. The molecule has 1 atom stereocenters. The van der Waals surface area contributed by atoms with Crippen molar-refractivity contribution in [2.24, 2.45) is 0 Å². The maximum Gasteiger partial charge on any atom is 0.314 e. The fourth-order valence-corrected chi connectivity index (χ4v) is 2.37. The van der Waals surface area contributed by atoms with Crippen LogP contribution >= 0.6 is 0 Å². The number of nitrogens with one attached hydrogen (secondary N) is 2. The maximum atomic E-state index is 11.7. The van der Waals surface area contributed by atoms with Crippen LogP contribution in [-0.2, 0) is 0 Å². The molecule has 0 bridgehead atoms. The molecule has 2 amide bonds. The molecule has 0 aliphatic carbocycles. The summed E-state index contributed by atoms with van der Waals surface area (Å²) in [5.74, 6) is 2.25. The van der Waals surface area contributed by atoms with Gasteiger partial charge in [0.25, 0.3) is 0 Å². The first kappa shape index (κ1) is 17.9. The lowest BCUT2D eigenvalue weighted by molar-refractivity contribution is 0.165. The van der Waals surface area contributed by atoms with Gasteiger partial charge in [-0.1, -0.05) is 18.2 Å². The molecule has 0 spiro atoms. The number of furan rings is 1. The van der Waals surface area contributed by atoms with Crippen LogP contribution in [0.2, 0.25) is 0 Å². The van der Waals surface area contributed by atoms with Gasteiger partial charge in [-0.3, -0.25) is 0 Å². The van der Waals surface area contributed by atoms with Crippen molar-refractivity contribution in [2.45, 2.75) is 26.4 Å². The largest absolute Gasteiger partial charge is 0.492 e. The fraction of sp³-hybridized carbons (Fsp3) is 0.389. The van der Waals surface area contributed by atoms with Gasteiger partial charge >= 0.3 is 6.03 Å². The number of hydrogen-bond donors (Lipinski definition) is 3. The number of carbonyl (C=O) groups excluding carboxylic acids is 1. The standard InChI is InChI=1S/C18H24N2O4/c1-13-12-16(14(2)24-13)17(21)8-9-19-18(22)20-10-11-23-15-6-4-3-5-7-15/h3-7,12,17,21H,8-11H2,1-2H3,(H2,19,20,22). The monoisotopic (exact) mass is 332 g/mol. The molecule has 2 aromatic rings. The Balaban J connectivity index is 1.59. The van der Waals surface area contributed by atoms with Crippen LogP contribution in [0.15, 0.2) is 40.8 Å². The smallest absolute Gasteiger partial charge is 0.314 e. The van der Waals surface area contributed by atoms with E-state index in [1.54, 1.807) is 0 Å². The Kier molecular flexibility index (Phi) is 6.69. The molecule has 1 heterocycles. The van der Waals surface area contributed by atoms with E-state index in [1.165, 1.54) is 0 Å². The molecule has 0 saturated carbocycles. The average molecular weight is 332 g/mol. The zero-order valence-electron chi connectivity index (χ0n) is 14.0. The number of aliphatic hydroxyl groups is 1. The molecule has 0 saturated heterocycles. The Hall–Kier alpha value is -2.47. The normalized spacial score (nSPS) is 11.8. The molecule has 6 heteroatoms. The minimum Gasteiger partial charge on any atom is -0.492 e. The molecule has 0 aliphatic heterocycles. The Labute approximate surface area is 141 Å². The lowest BCUT2D eigenvalue weighted by Crippen LogP contribution is -2.38. The van der Waals surface area contributed by atoms with Gasteiger partial charge in [0.1, 0.15) is 23.9 Å². The summed E-state index contributed by atoms with van der Waals surface area (Å²) in [6, 6.07) is 11.0. The lowest BCUT2D eigenvalue weighted by atomic mass is 10.1. The van der Waals surface area contributed by atoms with Crippen LogP contribution in [0.4, 0.5) is 4.79 Å². The molecule has 0 aliphatic rings. The zero-order chi connectivity index (χ0) is 17.4.